The lowest BCUT2D eigenvalue weighted by molar-refractivity contribution is 0.162. The van der Waals surface area contributed by atoms with E-state index in [1.807, 2.05) is 6.92 Å². The molecule has 1 heterocycles. The summed E-state index contributed by atoms with van der Waals surface area (Å²) < 4.78 is 26.7. The van der Waals surface area contributed by atoms with Crippen molar-refractivity contribution in [2.24, 2.45) is 5.92 Å². The fourth-order valence-electron chi connectivity index (χ4n) is 1.75. The quantitative estimate of drug-likeness (QED) is 0.740. The van der Waals surface area contributed by atoms with Crippen LogP contribution in [0, 0.1) is 5.92 Å². The molecular formula is C9H20N2O3S. The Hall–Kier alpha value is -0.170. The maximum Gasteiger partial charge on any atom is 0.281 e. The minimum atomic E-state index is -3.30. The van der Waals surface area contributed by atoms with Crippen LogP contribution in [0.5, 0.6) is 0 Å². The van der Waals surface area contributed by atoms with E-state index in [2.05, 4.69) is 0 Å². The Kier molecular flexibility index (Phi) is 4.51. The van der Waals surface area contributed by atoms with E-state index in [1.165, 1.54) is 8.61 Å². The number of aliphatic hydroxyl groups is 1. The van der Waals surface area contributed by atoms with Crippen molar-refractivity contribution in [2.45, 2.75) is 19.8 Å². The molecule has 15 heavy (non-hydrogen) atoms. The topological polar surface area (TPSA) is 60.9 Å². The van der Waals surface area contributed by atoms with Crippen LogP contribution < -0.4 is 0 Å². The third kappa shape index (κ3) is 2.90. The first-order valence-corrected chi connectivity index (χ1v) is 6.74. The Balaban J connectivity index is 2.70. The molecule has 0 spiro atoms. The van der Waals surface area contributed by atoms with E-state index < -0.39 is 10.2 Å². The van der Waals surface area contributed by atoms with Crippen LogP contribution in [-0.4, -0.2) is 55.4 Å². The molecule has 1 atom stereocenters. The van der Waals surface area contributed by atoms with Crippen molar-refractivity contribution in [3.8, 4) is 0 Å². The van der Waals surface area contributed by atoms with Gasteiger partial charge in [-0.3, -0.25) is 0 Å². The molecule has 1 rings (SSSR count). The molecule has 6 heteroatoms. The molecular weight excluding hydrogens is 216 g/mol. The Morgan fingerprint density at radius 2 is 2.20 bits per heavy atom. The predicted octanol–water partition coefficient (Wildman–Crippen LogP) is -0.113. The van der Waals surface area contributed by atoms with Crippen LogP contribution in [-0.2, 0) is 10.2 Å². The van der Waals surface area contributed by atoms with Crippen molar-refractivity contribution in [2.75, 3.05) is 33.3 Å². The summed E-state index contributed by atoms with van der Waals surface area (Å²) in [5.74, 6) is 0.0961. The van der Waals surface area contributed by atoms with Crippen molar-refractivity contribution in [3.63, 3.8) is 0 Å². The monoisotopic (exact) mass is 236 g/mol. The molecule has 0 aliphatic carbocycles. The maximum atomic E-state index is 11.9. The van der Waals surface area contributed by atoms with Crippen molar-refractivity contribution in [1.29, 1.82) is 0 Å². The number of aliphatic hydroxyl groups excluding tert-OH is 1. The summed E-state index contributed by atoms with van der Waals surface area (Å²) in [6.07, 6.45) is 1.75. The zero-order valence-electron chi connectivity index (χ0n) is 9.39. The van der Waals surface area contributed by atoms with Crippen molar-refractivity contribution < 1.29 is 13.5 Å². The second-order valence-corrected chi connectivity index (χ2v) is 6.01. The first-order chi connectivity index (χ1) is 7.02. The van der Waals surface area contributed by atoms with Gasteiger partial charge in [-0.1, -0.05) is 6.92 Å². The second-order valence-electron chi connectivity index (χ2n) is 3.97. The van der Waals surface area contributed by atoms with E-state index in [0.29, 0.717) is 19.6 Å². The van der Waals surface area contributed by atoms with E-state index in [4.69, 9.17) is 5.11 Å². The lowest BCUT2D eigenvalue weighted by Gasteiger charge is -2.33. The molecule has 1 aliphatic rings. The number of piperidine rings is 1. The zero-order chi connectivity index (χ0) is 11.5. The Morgan fingerprint density at radius 3 is 2.73 bits per heavy atom. The summed E-state index contributed by atoms with van der Waals surface area (Å²) in [5.41, 5.74) is 0. The van der Waals surface area contributed by atoms with Gasteiger partial charge in [0.15, 0.2) is 0 Å². The molecule has 1 saturated heterocycles. The van der Waals surface area contributed by atoms with Crippen LogP contribution in [0.3, 0.4) is 0 Å². The fourth-order valence-corrected chi connectivity index (χ4v) is 3.23. The van der Waals surface area contributed by atoms with Gasteiger partial charge in [0.1, 0.15) is 0 Å². The molecule has 5 nitrogen and oxygen atoms in total. The highest BCUT2D eigenvalue weighted by atomic mass is 32.2. The molecule has 1 unspecified atom stereocenters. The average molecular weight is 236 g/mol. The molecule has 1 aliphatic heterocycles. The van der Waals surface area contributed by atoms with E-state index >= 15 is 0 Å². The Morgan fingerprint density at radius 1 is 1.53 bits per heavy atom. The van der Waals surface area contributed by atoms with Crippen LogP contribution in [0.1, 0.15) is 19.8 Å². The summed E-state index contributed by atoms with van der Waals surface area (Å²) in [6.45, 7) is 3.38. The van der Waals surface area contributed by atoms with Crippen LogP contribution in [0.2, 0.25) is 0 Å². The van der Waals surface area contributed by atoms with Crippen LogP contribution in [0.4, 0.5) is 0 Å². The second kappa shape index (κ2) is 5.25. The summed E-state index contributed by atoms with van der Waals surface area (Å²) in [4.78, 5) is 0. The van der Waals surface area contributed by atoms with Crippen LogP contribution in [0.15, 0.2) is 0 Å². The van der Waals surface area contributed by atoms with Crippen molar-refractivity contribution >= 4 is 10.2 Å². The van der Waals surface area contributed by atoms with Crippen molar-refractivity contribution in [3.05, 3.63) is 0 Å². The van der Waals surface area contributed by atoms with Gasteiger partial charge in [0.05, 0.1) is 0 Å². The van der Waals surface area contributed by atoms with Gasteiger partial charge in [0.2, 0.25) is 0 Å². The average Bonchev–Trinajstić information content (AvgIpc) is 2.27. The molecule has 0 saturated carbocycles. The van der Waals surface area contributed by atoms with Gasteiger partial charge in [-0.25, -0.2) is 0 Å². The summed E-state index contributed by atoms with van der Waals surface area (Å²) in [7, 11) is -1.72. The third-order valence-electron chi connectivity index (χ3n) is 2.91. The predicted molar refractivity (Wildman–Crippen MR) is 58.6 cm³/mol. The summed E-state index contributed by atoms with van der Waals surface area (Å²) >= 11 is 0. The highest BCUT2D eigenvalue weighted by Crippen LogP contribution is 2.19. The molecule has 0 aromatic carbocycles. The molecule has 0 aromatic heterocycles. The molecule has 0 amide bonds. The first-order valence-electron chi connectivity index (χ1n) is 5.34. The van der Waals surface area contributed by atoms with Gasteiger partial charge < -0.3 is 5.11 Å². The smallest absolute Gasteiger partial charge is 0.281 e. The van der Waals surface area contributed by atoms with E-state index in [0.717, 1.165) is 12.8 Å². The number of rotatable bonds is 4. The van der Waals surface area contributed by atoms with Crippen molar-refractivity contribution in [1.82, 2.24) is 8.61 Å². The highest BCUT2D eigenvalue weighted by Gasteiger charge is 2.30. The molecule has 0 radical (unpaired) electrons. The lowest BCUT2D eigenvalue weighted by atomic mass is 10.0. The van der Waals surface area contributed by atoms with Gasteiger partial charge in [0.25, 0.3) is 10.2 Å². The van der Waals surface area contributed by atoms with Crippen LogP contribution in [0.25, 0.3) is 0 Å². The van der Waals surface area contributed by atoms with Gasteiger partial charge in [-0.05, 0) is 18.8 Å². The van der Waals surface area contributed by atoms with Gasteiger partial charge >= 0.3 is 0 Å². The van der Waals surface area contributed by atoms with E-state index in [1.54, 1.807) is 7.05 Å². The minimum Gasteiger partial charge on any atom is -0.396 e. The number of hydrogen-bond acceptors (Lipinski definition) is 3. The standard InChI is InChI=1S/C9H20N2O3S/c1-3-10(2)15(13,14)11-6-4-5-9(7-11)8-12/h9,12H,3-8H2,1-2H3. The van der Waals surface area contributed by atoms with Gasteiger partial charge in [-0.15, -0.1) is 0 Å². The van der Waals surface area contributed by atoms with Gasteiger partial charge in [0, 0.05) is 33.3 Å². The molecule has 1 N–H and O–H groups in total. The molecule has 1 fully saturated rings. The first kappa shape index (κ1) is 12.9. The third-order valence-corrected chi connectivity index (χ3v) is 4.94. The lowest BCUT2D eigenvalue weighted by Crippen LogP contribution is -2.47. The normalized spacial score (nSPS) is 24.7. The zero-order valence-corrected chi connectivity index (χ0v) is 10.2. The Labute approximate surface area is 91.9 Å². The van der Waals surface area contributed by atoms with E-state index in [9.17, 15) is 8.42 Å². The van der Waals surface area contributed by atoms with Crippen LogP contribution >= 0.6 is 0 Å². The Bertz CT molecular complexity index is 292. The minimum absolute atomic E-state index is 0.0713. The summed E-state index contributed by atoms with van der Waals surface area (Å²) in [6, 6.07) is 0. The van der Waals surface area contributed by atoms with E-state index in [-0.39, 0.29) is 12.5 Å². The largest absolute Gasteiger partial charge is 0.396 e. The maximum absolute atomic E-state index is 11.9. The summed E-state index contributed by atoms with van der Waals surface area (Å²) in [5, 5.41) is 9.04. The molecule has 0 aromatic rings. The highest BCUT2D eigenvalue weighted by molar-refractivity contribution is 7.86. The SMILES string of the molecule is CCN(C)S(=O)(=O)N1CCCC(CO)C1. The molecule has 90 valence electrons. The fraction of sp³-hybridized carbons (Fsp3) is 1.00. The number of hydrogen-bond donors (Lipinski definition) is 1. The molecule has 0 bridgehead atoms. The number of nitrogens with zero attached hydrogens (tertiary/aromatic N) is 2. The van der Waals surface area contributed by atoms with Gasteiger partial charge in [-0.2, -0.15) is 17.0 Å².